The first-order valence-corrected chi connectivity index (χ1v) is 7.98. The van der Waals surface area contributed by atoms with Crippen LogP contribution < -0.4 is 10.0 Å². The van der Waals surface area contributed by atoms with Gasteiger partial charge in [0, 0.05) is 24.2 Å². The first-order chi connectivity index (χ1) is 8.65. The van der Waals surface area contributed by atoms with Crippen molar-refractivity contribution in [3.63, 3.8) is 0 Å². The molecule has 0 saturated carbocycles. The summed E-state index contributed by atoms with van der Waals surface area (Å²) >= 11 is 0. The molecule has 1 rings (SSSR count). The zero-order chi connectivity index (χ0) is 14.8. The molecule has 0 bridgehead atoms. The van der Waals surface area contributed by atoms with Crippen LogP contribution in [0.4, 0.5) is 0 Å². The summed E-state index contributed by atoms with van der Waals surface area (Å²) in [6.07, 6.45) is 0. The third-order valence-electron chi connectivity index (χ3n) is 2.67. The van der Waals surface area contributed by atoms with Crippen LogP contribution in [0, 0.1) is 13.8 Å². The van der Waals surface area contributed by atoms with Crippen LogP contribution in [0.25, 0.3) is 0 Å². The highest BCUT2D eigenvalue weighted by Gasteiger charge is 2.27. The summed E-state index contributed by atoms with van der Waals surface area (Å²) in [7, 11) is -3.53. The van der Waals surface area contributed by atoms with Crippen molar-refractivity contribution in [1.82, 2.24) is 10.0 Å². The number of hydrogen-bond acceptors (Lipinski definition) is 4. The van der Waals surface area contributed by atoms with E-state index in [1.807, 2.05) is 13.8 Å². The Morgan fingerprint density at radius 1 is 1.05 bits per heavy atom. The summed E-state index contributed by atoms with van der Waals surface area (Å²) in [6.45, 7) is 11.6. The fourth-order valence-corrected chi connectivity index (χ4v) is 3.64. The summed E-state index contributed by atoms with van der Waals surface area (Å²) in [5.41, 5.74) is 0.708. The molecule has 1 aromatic rings. The highest BCUT2D eigenvalue weighted by molar-refractivity contribution is 7.89. The predicted octanol–water partition coefficient (Wildman–Crippen LogP) is 2.08. The van der Waals surface area contributed by atoms with Gasteiger partial charge in [-0.3, -0.25) is 0 Å². The first-order valence-electron chi connectivity index (χ1n) is 6.49. The van der Waals surface area contributed by atoms with E-state index in [9.17, 15) is 8.42 Å². The number of furan rings is 1. The molecule has 5 nitrogen and oxygen atoms in total. The molecule has 0 saturated heterocycles. The van der Waals surface area contributed by atoms with E-state index in [1.165, 1.54) is 0 Å². The zero-order valence-corrected chi connectivity index (χ0v) is 13.3. The number of hydrogen-bond donors (Lipinski definition) is 2. The lowest BCUT2D eigenvalue weighted by Crippen LogP contribution is -2.32. The Hall–Kier alpha value is -0.850. The zero-order valence-electron chi connectivity index (χ0n) is 12.5. The second-order valence-corrected chi connectivity index (χ2v) is 6.98. The van der Waals surface area contributed by atoms with Gasteiger partial charge >= 0.3 is 0 Å². The monoisotopic (exact) mass is 288 g/mol. The van der Waals surface area contributed by atoms with Gasteiger partial charge in [-0.2, -0.15) is 0 Å². The van der Waals surface area contributed by atoms with Gasteiger partial charge in [-0.15, -0.1) is 0 Å². The third-order valence-corrected chi connectivity index (χ3v) is 4.52. The lowest BCUT2D eigenvalue weighted by Gasteiger charge is -2.12. The smallest absolute Gasteiger partial charge is 0.244 e. The molecule has 0 aliphatic rings. The molecule has 0 fully saturated rings. The van der Waals surface area contributed by atoms with Crippen LogP contribution in [-0.2, 0) is 16.6 Å². The number of aryl methyl sites for hydroxylation is 2. The Morgan fingerprint density at radius 2 is 1.63 bits per heavy atom. The minimum Gasteiger partial charge on any atom is -0.465 e. The van der Waals surface area contributed by atoms with Crippen molar-refractivity contribution in [2.75, 3.05) is 0 Å². The highest BCUT2D eigenvalue weighted by atomic mass is 32.2. The van der Waals surface area contributed by atoms with Gasteiger partial charge in [0.15, 0.2) is 0 Å². The van der Waals surface area contributed by atoms with Crippen LogP contribution in [0.15, 0.2) is 9.31 Å². The molecule has 0 amide bonds. The van der Waals surface area contributed by atoms with Crippen molar-refractivity contribution in [1.29, 1.82) is 0 Å². The van der Waals surface area contributed by atoms with E-state index in [1.54, 1.807) is 27.7 Å². The van der Waals surface area contributed by atoms with E-state index in [2.05, 4.69) is 10.0 Å². The summed E-state index contributed by atoms with van der Waals surface area (Å²) in [6, 6.07) is 0.133. The van der Waals surface area contributed by atoms with Crippen LogP contribution in [0.3, 0.4) is 0 Å². The van der Waals surface area contributed by atoms with E-state index in [4.69, 9.17) is 4.42 Å². The first kappa shape index (κ1) is 16.2. The van der Waals surface area contributed by atoms with Crippen molar-refractivity contribution < 1.29 is 12.8 Å². The Balaban J connectivity index is 3.19. The Labute approximate surface area is 115 Å². The summed E-state index contributed by atoms with van der Waals surface area (Å²) in [4.78, 5) is 0.270. The van der Waals surface area contributed by atoms with E-state index >= 15 is 0 Å². The molecule has 0 atom stereocenters. The SMILES string of the molecule is Cc1oc(C)c(S(=O)(=O)NC(C)C)c1CNC(C)C. The van der Waals surface area contributed by atoms with Crippen molar-refractivity contribution >= 4 is 10.0 Å². The maximum Gasteiger partial charge on any atom is 0.244 e. The fraction of sp³-hybridized carbons (Fsp3) is 0.692. The normalized spacial score (nSPS) is 12.6. The molecular formula is C13H24N2O3S. The second-order valence-electron chi connectivity index (χ2n) is 5.33. The average molecular weight is 288 g/mol. The molecule has 0 radical (unpaired) electrons. The molecule has 0 aromatic carbocycles. The molecule has 19 heavy (non-hydrogen) atoms. The molecule has 2 N–H and O–H groups in total. The minimum absolute atomic E-state index is 0.148. The maximum absolute atomic E-state index is 12.3. The molecular weight excluding hydrogens is 264 g/mol. The topological polar surface area (TPSA) is 71.3 Å². The van der Waals surface area contributed by atoms with Gasteiger partial charge < -0.3 is 9.73 Å². The summed E-state index contributed by atoms with van der Waals surface area (Å²) < 4.78 is 32.8. The molecule has 0 aliphatic heterocycles. The molecule has 6 heteroatoms. The van der Waals surface area contributed by atoms with Gasteiger partial charge in [0.1, 0.15) is 16.4 Å². The van der Waals surface area contributed by atoms with Crippen molar-refractivity contribution in [2.24, 2.45) is 0 Å². The number of nitrogens with one attached hydrogen (secondary N) is 2. The van der Waals surface area contributed by atoms with Crippen LogP contribution in [0.2, 0.25) is 0 Å². The third kappa shape index (κ3) is 4.06. The highest BCUT2D eigenvalue weighted by Crippen LogP contribution is 2.26. The Morgan fingerprint density at radius 3 is 2.11 bits per heavy atom. The lowest BCUT2D eigenvalue weighted by atomic mass is 10.2. The molecule has 110 valence electrons. The largest absolute Gasteiger partial charge is 0.465 e. The summed E-state index contributed by atoms with van der Waals surface area (Å²) in [5.74, 6) is 1.08. The summed E-state index contributed by atoms with van der Waals surface area (Å²) in [5, 5.41) is 3.23. The van der Waals surface area contributed by atoms with Crippen LogP contribution in [0.5, 0.6) is 0 Å². The number of sulfonamides is 1. The standard InChI is InChI=1S/C13H24N2O3S/c1-8(2)14-7-12-10(5)18-11(6)13(12)19(16,17)15-9(3)4/h8-9,14-15H,7H2,1-6H3. The molecule has 0 spiro atoms. The van der Waals surface area contributed by atoms with Gasteiger partial charge in [0.05, 0.1) is 0 Å². The van der Waals surface area contributed by atoms with Gasteiger partial charge in [0.2, 0.25) is 10.0 Å². The van der Waals surface area contributed by atoms with E-state index in [0.717, 1.165) is 0 Å². The van der Waals surface area contributed by atoms with Gasteiger partial charge in [-0.05, 0) is 27.7 Å². The minimum atomic E-state index is -3.53. The van der Waals surface area contributed by atoms with Crippen molar-refractivity contribution in [3.05, 3.63) is 17.1 Å². The predicted molar refractivity (Wildman–Crippen MR) is 75.6 cm³/mol. The van der Waals surface area contributed by atoms with Gasteiger partial charge in [-0.1, -0.05) is 13.8 Å². The maximum atomic E-state index is 12.3. The lowest BCUT2D eigenvalue weighted by molar-refractivity contribution is 0.491. The van der Waals surface area contributed by atoms with E-state index in [0.29, 0.717) is 23.6 Å². The quantitative estimate of drug-likeness (QED) is 0.840. The van der Waals surface area contributed by atoms with Crippen molar-refractivity contribution in [2.45, 2.75) is 65.1 Å². The Kier molecular flexibility index (Phi) is 5.18. The van der Waals surface area contributed by atoms with Gasteiger partial charge in [-0.25, -0.2) is 13.1 Å². The molecule has 1 aromatic heterocycles. The molecule has 0 unspecified atom stereocenters. The molecule has 0 aliphatic carbocycles. The van der Waals surface area contributed by atoms with Gasteiger partial charge in [0.25, 0.3) is 0 Å². The average Bonchev–Trinajstić information content (AvgIpc) is 2.48. The van der Waals surface area contributed by atoms with E-state index < -0.39 is 10.0 Å². The van der Waals surface area contributed by atoms with Crippen LogP contribution in [0.1, 0.15) is 44.8 Å². The van der Waals surface area contributed by atoms with E-state index in [-0.39, 0.29) is 17.0 Å². The van der Waals surface area contributed by atoms with Crippen LogP contribution >= 0.6 is 0 Å². The number of rotatable bonds is 6. The second kappa shape index (κ2) is 6.07. The van der Waals surface area contributed by atoms with Crippen LogP contribution in [-0.4, -0.2) is 20.5 Å². The fourth-order valence-electron chi connectivity index (χ4n) is 1.94. The molecule has 1 heterocycles. The van der Waals surface area contributed by atoms with Crippen molar-refractivity contribution in [3.8, 4) is 0 Å². The Bertz CT molecular complexity index is 530.